The molecule has 1 aromatic rings. The van der Waals surface area contributed by atoms with Gasteiger partial charge in [0.05, 0.1) is 6.54 Å². The molecule has 0 aliphatic heterocycles. The second kappa shape index (κ2) is 12.5. The molecule has 0 aliphatic rings. The number of aliphatic imine (C=N–C) groups is 1. The van der Waals surface area contributed by atoms with Crippen molar-refractivity contribution >= 4 is 51.8 Å². The van der Waals surface area contributed by atoms with Gasteiger partial charge in [-0.05, 0) is 32.4 Å². The number of hydrogen-bond acceptors (Lipinski definition) is 2. The summed E-state index contributed by atoms with van der Waals surface area (Å²) >= 11 is 3.51. The van der Waals surface area contributed by atoms with E-state index in [0.29, 0.717) is 25.6 Å². The first-order chi connectivity index (χ1) is 10.9. The van der Waals surface area contributed by atoms with Gasteiger partial charge < -0.3 is 15.5 Å². The average molecular weight is 511 g/mol. The van der Waals surface area contributed by atoms with Gasteiger partial charge in [-0.2, -0.15) is 0 Å². The van der Waals surface area contributed by atoms with Crippen LogP contribution in [-0.4, -0.2) is 42.9 Å². The smallest absolute Gasteiger partial charge is 0.224 e. The van der Waals surface area contributed by atoms with E-state index in [0.717, 1.165) is 22.5 Å². The van der Waals surface area contributed by atoms with E-state index in [-0.39, 0.29) is 29.9 Å². The summed E-state index contributed by atoms with van der Waals surface area (Å²) in [6.07, 6.45) is 0.398. The van der Waals surface area contributed by atoms with E-state index in [1.54, 1.807) is 4.90 Å². The van der Waals surface area contributed by atoms with Gasteiger partial charge in [0.25, 0.3) is 0 Å². The second-order valence-electron chi connectivity index (χ2n) is 5.65. The molecule has 0 bridgehead atoms. The first-order valence-electron chi connectivity index (χ1n) is 7.96. The number of nitrogens with zero attached hydrogens (tertiary/aromatic N) is 2. The molecule has 1 rings (SSSR count). The predicted octanol–water partition coefficient (Wildman–Crippen LogP) is 3.38. The third-order valence-electron chi connectivity index (χ3n) is 3.16. The summed E-state index contributed by atoms with van der Waals surface area (Å²) in [7, 11) is 1.82. The third kappa shape index (κ3) is 8.86. The van der Waals surface area contributed by atoms with Crippen molar-refractivity contribution in [2.75, 3.05) is 20.1 Å². The lowest BCUT2D eigenvalue weighted by atomic mass is 10.2. The highest BCUT2D eigenvalue weighted by Crippen LogP contribution is 2.17. The van der Waals surface area contributed by atoms with Crippen molar-refractivity contribution in [1.29, 1.82) is 0 Å². The highest BCUT2D eigenvalue weighted by Gasteiger charge is 2.10. The molecule has 0 spiro atoms. The first-order valence-corrected chi connectivity index (χ1v) is 8.75. The molecule has 1 aromatic carbocycles. The molecule has 0 saturated heterocycles. The molecule has 2 N–H and O–H groups in total. The molecule has 0 aromatic heterocycles. The second-order valence-corrected chi connectivity index (χ2v) is 6.51. The fraction of sp³-hybridized carbons (Fsp3) is 0.529. The normalized spacial score (nSPS) is 11.0. The molecule has 24 heavy (non-hydrogen) atoms. The Morgan fingerprint density at radius 2 is 2.00 bits per heavy atom. The zero-order valence-electron chi connectivity index (χ0n) is 14.8. The molecule has 0 atom stereocenters. The molecule has 0 heterocycles. The van der Waals surface area contributed by atoms with Gasteiger partial charge in [0.1, 0.15) is 0 Å². The zero-order chi connectivity index (χ0) is 17.2. The molecule has 1 amide bonds. The predicted molar refractivity (Wildman–Crippen MR) is 115 cm³/mol. The number of benzene rings is 1. The highest BCUT2D eigenvalue weighted by atomic mass is 127. The van der Waals surface area contributed by atoms with E-state index in [1.165, 1.54) is 0 Å². The fourth-order valence-electron chi connectivity index (χ4n) is 2.02. The van der Waals surface area contributed by atoms with Crippen LogP contribution in [0, 0.1) is 0 Å². The minimum Gasteiger partial charge on any atom is -0.357 e. The molecule has 0 unspecified atom stereocenters. The Labute approximate surface area is 170 Å². The van der Waals surface area contributed by atoms with Crippen molar-refractivity contribution in [1.82, 2.24) is 15.5 Å². The average Bonchev–Trinajstić information content (AvgIpc) is 2.49. The van der Waals surface area contributed by atoms with Crippen LogP contribution in [0.1, 0.15) is 32.8 Å². The number of amides is 1. The molecule has 136 valence electrons. The van der Waals surface area contributed by atoms with Crippen molar-refractivity contribution in [3.63, 3.8) is 0 Å². The van der Waals surface area contributed by atoms with Gasteiger partial charge in [-0.15, -0.1) is 24.0 Å². The van der Waals surface area contributed by atoms with Gasteiger partial charge in [-0.25, -0.2) is 0 Å². The molecule has 0 aliphatic carbocycles. The summed E-state index contributed by atoms with van der Waals surface area (Å²) in [6.45, 7) is 8.01. The van der Waals surface area contributed by atoms with Crippen molar-refractivity contribution in [2.45, 2.75) is 39.8 Å². The molecule has 5 nitrogen and oxygen atoms in total. The van der Waals surface area contributed by atoms with E-state index in [4.69, 9.17) is 0 Å². The number of halogens is 2. The Morgan fingerprint density at radius 1 is 1.33 bits per heavy atom. The van der Waals surface area contributed by atoms with E-state index in [1.807, 2.05) is 38.2 Å². The molecule has 7 heteroatoms. The van der Waals surface area contributed by atoms with E-state index < -0.39 is 0 Å². The van der Waals surface area contributed by atoms with Crippen LogP contribution in [0.15, 0.2) is 33.7 Å². The minimum atomic E-state index is 0. The Hall–Kier alpha value is -0.830. The number of rotatable bonds is 7. The van der Waals surface area contributed by atoms with Crippen LogP contribution in [0.4, 0.5) is 0 Å². The summed E-state index contributed by atoms with van der Waals surface area (Å²) in [5.74, 6) is 0.841. The van der Waals surface area contributed by atoms with Crippen LogP contribution in [0.5, 0.6) is 0 Å². The number of hydrogen-bond donors (Lipinski definition) is 2. The van der Waals surface area contributed by atoms with Crippen LogP contribution in [0.25, 0.3) is 0 Å². The van der Waals surface area contributed by atoms with Gasteiger partial charge in [-0.3, -0.25) is 9.79 Å². The van der Waals surface area contributed by atoms with Crippen LogP contribution in [-0.2, 0) is 11.3 Å². The standard InChI is InChI=1S/C17H27BrN4O.HI/c1-5-19-17(21-13(2)3)20-11-10-16(23)22(4)12-14-8-6-7-9-15(14)18;/h6-9,13H,5,10-12H2,1-4H3,(H2,19,20,21);1H. The number of carbonyl (C=O) groups is 1. The monoisotopic (exact) mass is 510 g/mol. The zero-order valence-corrected chi connectivity index (χ0v) is 18.7. The molecule has 0 radical (unpaired) electrons. The maximum atomic E-state index is 12.2. The van der Waals surface area contributed by atoms with Crippen molar-refractivity contribution in [2.24, 2.45) is 4.99 Å². The van der Waals surface area contributed by atoms with Gasteiger partial charge in [0.15, 0.2) is 5.96 Å². The van der Waals surface area contributed by atoms with Crippen LogP contribution < -0.4 is 10.6 Å². The van der Waals surface area contributed by atoms with Gasteiger partial charge in [0.2, 0.25) is 5.91 Å². The molecular weight excluding hydrogens is 483 g/mol. The van der Waals surface area contributed by atoms with Crippen molar-refractivity contribution in [3.05, 3.63) is 34.3 Å². The van der Waals surface area contributed by atoms with Gasteiger partial charge >= 0.3 is 0 Å². The fourth-order valence-corrected chi connectivity index (χ4v) is 2.43. The summed E-state index contributed by atoms with van der Waals surface area (Å²) < 4.78 is 1.02. The lowest BCUT2D eigenvalue weighted by Crippen LogP contribution is -2.41. The van der Waals surface area contributed by atoms with Crippen LogP contribution >= 0.6 is 39.9 Å². The topological polar surface area (TPSA) is 56.7 Å². The maximum Gasteiger partial charge on any atom is 0.224 e. The Morgan fingerprint density at radius 3 is 2.58 bits per heavy atom. The van der Waals surface area contributed by atoms with Crippen molar-refractivity contribution in [3.8, 4) is 0 Å². The van der Waals surface area contributed by atoms with Crippen molar-refractivity contribution < 1.29 is 4.79 Å². The van der Waals surface area contributed by atoms with Crippen LogP contribution in [0.2, 0.25) is 0 Å². The number of guanidine groups is 1. The lowest BCUT2D eigenvalue weighted by Gasteiger charge is -2.18. The molecule has 0 saturated carbocycles. The van der Waals surface area contributed by atoms with E-state index in [9.17, 15) is 4.79 Å². The van der Waals surface area contributed by atoms with Crippen LogP contribution in [0.3, 0.4) is 0 Å². The summed E-state index contributed by atoms with van der Waals surface area (Å²) in [4.78, 5) is 18.4. The number of carbonyl (C=O) groups excluding carboxylic acids is 1. The Bertz CT molecular complexity index is 537. The summed E-state index contributed by atoms with van der Waals surface area (Å²) in [6, 6.07) is 8.25. The highest BCUT2D eigenvalue weighted by molar-refractivity contribution is 14.0. The molecule has 0 fully saturated rings. The minimum absolute atomic E-state index is 0. The van der Waals surface area contributed by atoms with E-state index in [2.05, 4.69) is 45.4 Å². The van der Waals surface area contributed by atoms with Gasteiger partial charge in [-0.1, -0.05) is 34.1 Å². The number of nitrogens with one attached hydrogen (secondary N) is 2. The SMILES string of the molecule is CCNC(=NCCC(=O)N(C)Cc1ccccc1Br)NC(C)C.I. The molecular formula is C17H28BrIN4O. The Kier molecular flexibility index (Phi) is 12.1. The maximum absolute atomic E-state index is 12.2. The largest absolute Gasteiger partial charge is 0.357 e. The third-order valence-corrected chi connectivity index (χ3v) is 3.93. The quantitative estimate of drug-likeness (QED) is 0.336. The lowest BCUT2D eigenvalue weighted by molar-refractivity contribution is -0.130. The van der Waals surface area contributed by atoms with Gasteiger partial charge in [0, 0.05) is 37.1 Å². The first kappa shape index (κ1) is 23.2. The van der Waals surface area contributed by atoms with E-state index >= 15 is 0 Å². The summed E-state index contributed by atoms with van der Waals surface area (Å²) in [5, 5.41) is 6.41. The Balaban J connectivity index is 0.00000529. The summed E-state index contributed by atoms with van der Waals surface area (Å²) in [5.41, 5.74) is 1.10.